The summed E-state index contributed by atoms with van der Waals surface area (Å²) in [5.74, 6) is 0. The molecule has 0 saturated carbocycles. The molecule has 4 nitrogen and oxygen atoms in total. The van der Waals surface area contributed by atoms with Gasteiger partial charge in [-0.2, -0.15) is 13.9 Å². The number of nitrogens with zero attached hydrogens (tertiary/aromatic N) is 3. The zero-order valence-electron chi connectivity index (χ0n) is 6.67. The van der Waals surface area contributed by atoms with Crippen molar-refractivity contribution in [1.29, 1.82) is 0 Å². The third-order valence-electron chi connectivity index (χ3n) is 0.940. The van der Waals surface area contributed by atoms with Crippen molar-refractivity contribution < 1.29 is 58.0 Å². The Balaban J connectivity index is 0. The fraction of sp³-hybridized carbons (Fsp3) is 1.00. The summed E-state index contributed by atoms with van der Waals surface area (Å²) in [6, 6.07) is 0. The fourth-order valence-electron chi connectivity index (χ4n) is 0.655. The molecule has 1 rings (SSSR count). The minimum atomic E-state index is 0. The number of hydroxylamine groups is 2. The minimum Gasteiger partial charge on any atom is -1.00 e. The van der Waals surface area contributed by atoms with E-state index in [0.29, 0.717) is 20.0 Å². The SMILES string of the molecule is ON1CN(Cl)CN(Cl)C1.[H-].[K+]. The van der Waals surface area contributed by atoms with Crippen LogP contribution in [0.3, 0.4) is 0 Å². The van der Waals surface area contributed by atoms with Crippen molar-refractivity contribution in [2.75, 3.05) is 20.0 Å². The van der Waals surface area contributed by atoms with Gasteiger partial charge in [0, 0.05) is 0 Å². The van der Waals surface area contributed by atoms with Crippen LogP contribution in [0.15, 0.2) is 0 Å². The van der Waals surface area contributed by atoms with Crippen LogP contribution >= 0.6 is 23.6 Å². The van der Waals surface area contributed by atoms with E-state index < -0.39 is 0 Å². The Labute approximate surface area is 114 Å². The molecule has 0 aromatic carbocycles. The van der Waals surface area contributed by atoms with Crippen LogP contribution in [0, 0.1) is 0 Å². The van der Waals surface area contributed by atoms with E-state index in [9.17, 15) is 0 Å². The van der Waals surface area contributed by atoms with Crippen molar-refractivity contribution in [2.45, 2.75) is 0 Å². The van der Waals surface area contributed by atoms with Gasteiger partial charge in [-0.15, -0.1) is 0 Å². The first-order chi connectivity index (χ1) is 4.18. The quantitative estimate of drug-likeness (QED) is 0.358. The Morgan fingerprint density at radius 1 is 1.10 bits per heavy atom. The Morgan fingerprint density at radius 2 is 1.50 bits per heavy atom. The molecule has 1 aliphatic heterocycles. The molecule has 56 valence electrons. The molecule has 0 unspecified atom stereocenters. The van der Waals surface area contributed by atoms with Gasteiger partial charge in [0.25, 0.3) is 0 Å². The molecule has 1 fully saturated rings. The molecule has 1 saturated heterocycles. The summed E-state index contributed by atoms with van der Waals surface area (Å²) in [5.41, 5.74) is 0. The van der Waals surface area contributed by atoms with Crippen LogP contribution in [0.5, 0.6) is 0 Å². The van der Waals surface area contributed by atoms with Gasteiger partial charge in [-0.05, 0) is 23.6 Å². The summed E-state index contributed by atoms with van der Waals surface area (Å²) in [4.78, 5) is 0. The van der Waals surface area contributed by atoms with E-state index in [4.69, 9.17) is 28.8 Å². The predicted octanol–water partition coefficient (Wildman–Crippen LogP) is -2.41. The molecule has 0 radical (unpaired) electrons. The smallest absolute Gasteiger partial charge is 1.00 e. The molecule has 7 heteroatoms. The zero-order chi connectivity index (χ0) is 6.85. The third-order valence-corrected chi connectivity index (χ3v) is 1.37. The molecule has 0 aromatic heterocycles. The van der Waals surface area contributed by atoms with E-state index in [2.05, 4.69) is 0 Å². The number of halogens is 2. The van der Waals surface area contributed by atoms with Crippen molar-refractivity contribution in [3.05, 3.63) is 0 Å². The van der Waals surface area contributed by atoms with Gasteiger partial charge < -0.3 is 6.63 Å². The Hall–Kier alpha value is 2.06. The number of hydrogen-bond acceptors (Lipinski definition) is 4. The second kappa shape index (κ2) is 5.66. The molecular weight excluding hydrogens is 204 g/mol. The molecule has 0 aromatic rings. The maximum Gasteiger partial charge on any atom is 1.00 e. The van der Waals surface area contributed by atoms with Gasteiger partial charge in [-0.1, -0.05) is 0 Å². The predicted molar refractivity (Wildman–Crippen MR) is 34.7 cm³/mol. The van der Waals surface area contributed by atoms with E-state index in [1.54, 1.807) is 0 Å². The first kappa shape index (κ1) is 12.1. The van der Waals surface area contributed by atoms with Crippen LogP contribution in [-0.4, -0.2) is 39.1 Å². The van der Waals surface area contributed by atoms with Gasteiger partial charge in [0.2, 0.25) is 0 Å². The molecule has 1 heterocycles. The second-order valence-corrected chi connectivity index (χ2v) is 2.81. The summed E-state index contributed by atoms with van der Waals surface area (Å²) in [7, 11) is 0. The van der Waals surface area contributed by atoms with Gasteiger partial charge >= 0.3 is 51.4 Å². The summed E-state index contributed by atoms with van der Waals surface area (Å²) in [5, 5.41) is 9.85. The molecule has 0 bridgehead atoms. The van der Waals surface area contributed by atoms with Crippen LogP contribution < -0.4 is 51.4 Å². The zero-order valence-corrected chi connectivity index (χ0v) is 10.3. The maximum absolute atomic E-state index is 8.83. The van der Waals surface area contributed by atoms with Crippen LogP contribution in [0.1, 0.15) is 1.43 Å². The van der Waals surface area contributed by atoms with Crippen LogP contribution in [0.2, 0.25) is 0 Å². The van der Waals surface area contributed by atoms with E-state index in [-0.39, 0.29) is 52.8 Å². The van der Waals surface area contributed by atoms with Crippen molar-refractivity contribution in [3.8, 4) is 0 Å². The molecule has 0 amide bonds. The molecule has 1 N–H and O–H groups in total. The molecule has 10 heavy (non-hydrogen) atoms. The normalized spacial score (nSPS) is 24.3. The van der Waals surface area contributed by atoms with Gasteiger partial charge in [-0.3, -0.25) is 0 Å². The van der Waals surface area contributed by atoms with Crippen LogP contribution in [-0.2, 0) is 0 Å². The first-order valence-corrected chi connectivity index (χ1v) is 3.11. The Kier molecular flexibility index (Phi) is 6.82. The summed E-state index contributed by atoms with van der Waals surface area (Å²) in [6.07, 6.45) is 0. The van der Waals surface area contributed by atoms with E-state index in [0.717, 1.165) is 5.06 Å². The second-order valence-electron chi connectivity index (χ2n) is 1.86. The molecule has 0 spiro atoms. The largest absolute Gasteiger partial charge is 1.00 e. The van der Waals surface area contributed by atoms with Gasteiger partial charge in [0.05, 0.1) is 20.0 Å². The molecule has 1 aliphatic rings. The fourth-order valence-corrected chi connectivity index (χ4v) is 1.21. The Morgan fingerprint density at radius 3 is 1.80 bits per heavy atom. The Bertz CT molecular complexity index is 87.6. The monoisotopic (exact) mass is 211 g/mol. The number of hydrogen-bond donors (Lipinski definition) is 1. The standard InChI is InChI=1S/C3H7Cl2N3O.K.H/c4-6-1-7(5)3-8(9)2-6;;/h9H,1-3H2;;/q;+1;-1. The van der Waals surface area contributed by atoms with E-state index in [1.165, 1.54) is 8.84 Å². The molecular formula is C3H8Cl2KN3O. The molecule has 0 aliphatic carbocycles. The van der Waals surface area contributed by atoms with Crippen molar-refractivity contribution in [3.63, 3.8) is 0 Å². The van der Waals surface area contributed by atoms with Crippen molar-refractivity contribution >= 4 is 23.6 Å². The van der Waals surface area contributed by atoms with Gasteiger partial charge in [0.15, 0.2) is 0 Å². The van der Waals surface area contributed by atoms with E-state index in [1.807, 2.05) is 0 Å². The van der Waals surface area contributed by atoms with Crippen LogP contribution in [0.4, 0.5) is 0 Å². The van der Waals surface area contributed by atoms with Gasteiger partial charge in [-0.25, -0.2) is 0 Å². The summed E-state index contributed by atoms with van der Waals surface area (Å²) in [6.45, 7) is 1.11. The first-order valence-electron chi connectivity index (χ1n) is 2.44. The van der Waals surface area contributed by atoms with Gasteiger partial charge in [0.1, 0.15) is 0 Å². The number of rotatable bonds is 0. The average Bonchev–Trinajstić information content (AvgIpc) is 1.59. The van der Waals surface area contributed by atoms with Crippen molar-refractivity contribution in [2.24, 2.45) is 0 Å². The van der Waals surface area contributed by atoms with Crippen molar-refractivity contribution in [1.82, 2.24) is 13.9 Å². The topological polar surface area (TPSA) is 30.0 Å². The third kappa shape index (κ3) is 4.17. The van der Waals surface area contributed by atoms with Crippen LogP contribution in [0.25, 0.3) is 0 Å². The minimum absolute atomic E-state index is 0. The molecule has 0 atom stereocenters. The summed E-state index contributed by atoms with van der Waals surface area (Å²) < 4.78 is 2.74. The maximum atomic E-state index is 8.83. The average molecular weight is 212 g/mol. The summed E-state index contributed by atoms with van der Waals surface area (Å²) >= 11 is 11.0. The van der Waals surface area contributed by atoms with E-state index >= 15 is 0 Å².